The Kier molecular flexibility index (Phi) is 7.18. The van der Waals surface area contributed by atoms with Gasteiger partial charge in [-0.15, -0.1) is 0 Å². The van der Waals surface area contributed by atoms with Gasteiger partial charge in [0, 0.05) is 0 Å². The van der Waals surface area contributed by atoms with Gasteiger partial charge >= 0.3 is 12.0 Å². The van der Waals surface area contributed by atoms with Crippen molar-refractivity contribution in [3.63, 3.8) is 0 Å². The van der Waals surface area contributed by atoms with E-state index in [-0.39, 0.29) is 5.92 Å². The molecule has 0 aromatic heterocycles. The number of carbonyl (C=O) groups excluding carboxylic acids is 3. The maximum atomic E-state index is 12.2. The van der Waals surface area contributed by atoms with Crippen molar-refractivity contribution in [2.75, 3.05) is 0 Å². The van der Waals surface area contributed by atoms with Gasteiger partial charge in [-0.3, -0.25) is 4.79 Å². The Morgan fingerprint density at radius 1 is 1.14 bits per heavy atom. The van der Waals surface area contributed by atoms with E-state index in [9.17, 15) is 14.4 Å². The number of rotatable bonds is 6. The molecule has 0 bridgehead atoms. The zero-order valence-corrected chi connectivity index (χ0v) is 13.6. The molecule has 7 heteroatoms. The van der Waals surface area contributed by atoms with Crippen molar-refractivity contribution < 1.29 is 19.1 Å². The average Bonchev–Trinajstić information content (AvgIpc) is 2.32. The second-order valence-corrected chi connectivity index (χ2v) is 6.14. The molecular weight excluding hydrogens is 274 g/mol. The third kappa shape index (κ3) is 7.53. The van der Waals surface area contributed by atoms with E-state index in [0.717, 1.165) is 0 Å². The first-order valence-electron chi connectivity index (χ1n) is 7.07. The Bertz CT molecular complexity index is 390. The molecule has 21 heavy (non-hydrogen) atoms. The molecule has 0 heterocycles. The monoisotopic (exact) mass is 301 g/mol. The minimum absolute atomic E-state index is 0.108. The Balaban J connectivity index is 4.74. The van der Waals surface area contributed by atoms with E-state index in [1.165, 1.54) is 6.92 Å². The van der Waals surface area contributed by atoms with Crippen molar-refractivity contribution >= 4 is 17.9 Å². The maximum absolute atomic E-state index is 12.2. The van der Waals surface area contributed by atoms with Crippen LogP contribution < -0.4 is 16.4 Å². The van der Waals surface area contributed by atoms with Gasteiger partial charge in [0.2, 0.25) is 5.91 Å². The summed E-state index contributed by atoms with van der Waals surface area (Å²) in [7, 11) is 0. The lowest BCUT2D eigenvalue weighted by atomic mass is 9.98. The van der Waals surface area contributed by atoms with Crippen LogP contribution in [0, 0.1) is 5.92 Å². The summed E-state index contributed by atoms with van der Waals surface area (Å²) in [6.07, 6.45) is 0.680. The Morgan fingerprint density at radius 3 is 2.05 bits per heavy atom. The highest BCUT2D eigenvalue weighted by atomic mass is 16.6. The van der Waals surface area contributed by atoms with Crippen molar-refractivity contribution in [2.45, 2.75) is 65.6 Å². The third-order valence-corrected chi connectivity index (χ3v) is 2.91. The first-order valence-corrected chi connectivity index (χ1v) is 7.07. The summed E-state index contributed by atoms with van der Waals surface area (Å²) in [4.78, 5) is 35.0. The van der Waals surface area contributed by atoms with E-state index in [4.69, 9.17) is 10.5 Å². The van der Waals surface area contributed by atoms with Crippen LogP contribution in [-0.4, -0.2) is 35.6 Å². The summed E-state index contributed by atoms with van der Waals surface area (Å²) in [5.74, 6) is -1.09. The van der Waals surface area contributed by atoms with E-state index in [1.54, 1.807) is 20.8 Å². The maximum Gasteiger partial charge on any atom is 0.328 e. The van der Waals surface area contributed by atoms with Crippen molar-refractivity contribution in [3.05, 3.63) is 0 Å². The fourth-order valence-electron chi connectivity index (χ4n) is 1.61. The van der Waals surface area contributed by atoms with Gasteiger partial charge in [0.1, 0.15) is 17.7 Å². The van der Waals surface area contributed by atoms with Gasteiger partial charge in [0.15, 0.2) is 0 Å². The first kappa shape index (κ1) is 19.2. The van der Waals surface area contributed by atoms with Gasteiger partial charge in [-0.05, 0) is 33.6 Å². The number of nitrogens with one attached hydrogen (secondary N) is 2. The van der Waals surface area contributed by atoms with Gasteiger partial charge in [0.25, 0.3) is 0 Å². The molecule has 0 spiro atoms. The molecule has 4 N–H and O–H groups in total. The van der Waals surface area contributed by atoms with E-state index in [0.29, 0.717) is 6.42 Å². The number of amides is 3. The van der Waals surface area contributed by atoms with Gasteiger partial charge < -0.3 is 21.1 Å². The second kappa shape index (κ2) is 7.85. The van der Waals surface area contributed by atoms with E-state index in [1.807, 2.05) is 13.8 Å². The molecule has 3 atom stereocenters. The molecule has 7 nitrogen and oxygen atoms in total. The lowest BCUT2D eigenvalue weighted by Crippen LogP contribution is -2.55. The van der Waals surface area contributed by atoms with Crippen LogP contribution in [0.1, 0.15) is 48.0 Å². The number of hydrogen-bond donors (Lipinski definition) is 3. The van der Waals surface area contributed by atoms with Crippen molar-refractivity contribution in [1.82, 2.24) is 10.6 Å². The predicted octanol–water partition coefficient (Wildman–Crippen LogP) is 0.916. The fourth-order valence-corrected chi connectivity index (χ4v) is 1.61. The second-order valence-electron chi connectivity index (χ2n) is 6.14. The molecule has 0 fully saturated rings. The fraction of sp³-hybridized carbons (Fsp3) is 0.786. The largest absolute Gasteiger partial charge is 0.458 e. The highest BCUT2D eigenvalue weighted by Crippen LogP contribution is 2.10. The third-order valence-electron chi connectivity index (χ3n) is 2.91. The molecule has 2 unspecified atom stereocenters. The zero-order chi connectivity index (χ0) is 16.8. The van der Waals surface area contributed by atoms with E-state index >= 15 is 0 Å². The number of primary amides is 1. The molecule has 0 saturated carbocycles. The summed E-state index contributed by atoms with van der Waals surface area (Å²) >= 11 is 0. The quantitative estimate of drug-likeness (QED) is 0.633. The lowest BCUT2D eigenvalue weighted by Gasteiger charge is -2.26. The highest BCUT2D eigenvalue weighted by Gasteiger charge is 2.29. The molecule has 0 aliphatic heterocycles. The van der Waals surface area contributed by atoms with Gasteiger partial charge in [0.05, 0.1) is 0 Å². The van der Waals surface area contributed by atoms with Crippen LogP contribution >= 0.6 is 0 Å². The SMILES string of the molecule is CCC(C)C(NC(N)=O)C(=O)N[C@H](C)C(=O)OC(C)(C)C. The minimum atomic E-state index is -0.807. The van der Waals surface area contributed by atoms with Crippen LogP contribution in [0.5, 0.6) is 0 Å². The zero-order valence-electron chi connectivity index (χ0n) is 13.6. The summed E-state index contributed by atoms with van der Waals surface area (Å²) in [6.45, 7) is 10.5. The summed E-state index contributed by atoms with van der Waals surface area (Å²) < 4.78 is 5.18. The molecular formula is C14H27N3O4. The van der Waals surface area contributed by atoms with Crippen LogP contribution in [0.4, 0.5) is 4.79 Å². The summed E-state index contributed by atoms with van der Waals surface area (Å²) in [5, 5.41) is 4.94. The summed E-state index contributed by atoms with van der Waals surface area (Å²) in [5.41, 5.74) is 4.45. The van der Waals surface area contributed by atoms with E-state index in [2.05, 4.69) is 10.6 Å². The molecule has 0 aliphatic carbocycles. The van der Waals surface area contributed by atoms with Crippen LogP contribution in [0.3, 0.4) is 0 Å². The minimum Gasteiger partial charge on any atom is -0.458 e. The first-order chi connectivity index (χ1) is 9.47. The topological polar surface area (TPSA) is 111 Å². The van der Waals surface area contributed by atoms with Crippen molar-refractivity contribution in [1.29, 1.82) is 0 Å². The predicted molar refractivity (Wildman–Crippen MR) is 79.4 cm³/mol. The van der Waals surface area contributed by atoms with Crippen LogP contribution in [0.25, 0.3) is 0 Å². The van der Waals surface area contributed by atoms with Crippen molar-refractivity contribution in [3.8, 4) is 0 Å². The Labute approximate surface area is 126 Å². The van der Waals surface area contributed by atoms with Gasteiger partial charge in [-0.25, -0.2) is 9.59 Å². The number of ether oxygens (including phenoxy) is 1. The van der Waals surface area contributed by atoms with Crippen LogP contribution in [0.2, 0.25) is 0 Å². The molecule has 0 saturated heterocycles. The number of urea groups is 1. The molecule has 3 amide bonds. The standard InChI is InChI=1S/C14H27N3O4/c1-7-8(2)10(17-13(15)20)11(18)16-9(3)12(19)21-14(4,5)6/h8-10H,7H2,1-6H3,(H,16,18)(H3,15,17,20)/t8?,9-,10?/m1/s1. The Morgan fingerprint density at radius 2 is 1.67 bits per heavy atom. The van der Waals surface area contributed by atoms with Gasteiger partial charge in [-0.2, -0.15) is 0 Å². The van der Waals surface area contributed by atoms with E-state index < -0.39 is 35.6 Å². The lowest BCUT2D eigenvalue weighted by molar-refractivity contribution is -0.158. The smallest absolute Gasteiger partial charge is 0.328 e. The molecule has 0 radical (unpaired) electrons. The van der Waals surface area contributed by atoms with Crippen LogP contribution in [-0.2, 0) is 14.3 Å². The Hall–Kier alpha value is -1.79. The normalized spacial score (nSPS) is 15.5. The molecule has 0 rings (SSSR count). The number of carbonyl (C=O) groups is 3. The molecule has 0 aliphatic rings. The number of nitrogens with two attached hydrogens (primary N) is 1. The van der Waals surface area contributed by atoms with Gasteiger partial charge in [-0.1, -0.05) is 20.3 Å². The number of hydrogen-bond acceptors (Lipinski definition) is 4. The average molecular weight is 301 g/mol. The summed E-state index contributed by atoms with van der Waals surface area (Å²) in [6, 6.07) is -2.37. The highest BCUT2D eigenvalue weighted by molar-refractivity contribution is 5.90. The molecule has 0 aromatic carbocycles. The van der Waals surface area contributed by atoms with Crippen LogP contribution in [0.15, 0.2) is 0 Å². The number of esters is 1. The van der Waals surface area contributed by atoms with Crippen molar-refractivity contribution in [2.24, 2.45) is 11.7 Å². The molecule has 0 aromatic rings. The molecule has 122 valence electrons.